The van der Waals surface area contributed by atoms with Gasteiger partial charge in [-0.25, -0.2) is 9.59 Å². The maximum Gasteiger partial charge on any atom is 0.337 e. The molecule has 6 nitrogen and oxygen atoms in total. The molecule has 2 aromatic rings. The summed E-state index contributed by atoms with van der Waals surface area (Å²) in [4.78, 5) is 23.6. The molecule has 0 fully saturated rings. The Balaban J connectivity index is 2.44. The lowest BCUT2D eigenvalue weighted by atomic mass is 10.1. The second-order valence-corrected chi connectivity index (χ2v) is 4.61. The predicted octanol–water partition coefficient (Wildman–Crippen LogP) is 3.01. The number of methoxy groups -OCH3 is 3. The van der Waals surface area contributed by atoms with Gasteiger partial charge in [0.25, 0.3) is 0 Å². The number of para-hydroxylation sites is 2. The number of rotatable bonds is 5. The lowest BCUT2D eigenvalue weighted by Gasteiger charge is -2.13. The highest BCUT2D eigenvalue weighted by Crippen LogP contribution is 2.28. The molecule has 0 aliphatic carbocycles. The van der Waals surface area contributed by atoms with Crippen LogP contribution in [-0.2, 0) is 9.47 Å². The molecule has 0 atom stereocenters. The van der Waals surface area contributed by atoms with Gasteiger partial charge in [-0.15, -0.1) is 0 Å². The molecule has 0 spiro atoms. The number of hydrogen-bond acceptors (Lipinski definition) is 6. The van der Waals surface area contributed by atoms with Crippen LogP contribution in [0.15, 0.2) is 42.5 Å². The Morgan fingerprint density at radius 2 is 1.43 bits per heavy atom. The molecule has 0 heterocycles. The molecule has 2 rings (SSSR count). The summed E-state index contributed by atoms with van der Waals surface area (Å²) >= 11 is 0. The van der Waals surface area contributed by atoms with Gasteiger partial charge in [-0.1, -0.05) is 12.1 Å². The normalized spacial score (nSPS) is 9.87. The molecule has 1 N–H and O–H groups in total. The van der Waals surface area contributed by atoms with E-state index >= 15 is 0 Å². The minimum absolute atomic E-state index is 0.243. The molecule has 0 aliphatic heterocycles. The van der Waals surface area contributed by atoms with E-state index in [0.717, 1.165) is 0 Å². The summed E-state index contributed by atoms with van der Waals surface area (Å²) in [5, 5.41) is 3.12. The molecule has 0 aliphatic rings. The van der Waals surface area contributed by atoms with Gasteiger partial charge in [0.2, 0.25) is 0 Å². The quantitative estimate of drug-likeness (QED) is 0.855. The Morgan fingerprint density at radius 3 is 1.96 bits per heavy atom. The minimum Gasteiger partial charge on any atom is -0.495 e. The fourth-order valence-electron chi connectivity index (χ4n) is 2.07. The second kappa shape index (κ2) is 7.31. The number of nitrogens with one attached hydrogen (secondary N) is 1. The van der Waals surface area contributed by atoms with Gasteiger partial charge in [-0.05, 0) is 30.3 Å². The Bertz CT molecular complexity index is 692. The van der Waals surface area contributed by atoms with Crippen molar-refractivity contribution in [1.82, 2.24) is 0 Å². The summed E-state index contributed by atoms with van der Waals surface area (Å²) in [7, 11) is 4.12. The fraction of sp³-hybridized carbons (Fsp3) is 0.176. The van der Waals surface area contributed by atoms with Gasteiger partial charge in [0.1, 0.15) is 5.75 Å². The lowest BCUT2D eigenvalue weighted by molar-refractivity contribution is 0.0599. The molecule has 0 unspecified atom stereocenters. The third-order valence-corrected chi connectivity index (χ3v) is 3.16. The van der Waals surface area contributed by atoms with Crippen LogP contribution in [0.3, 0.4) is 0 Å². The molecular weight excluding hydrogens is 298 g/mol. The average Bonchev–Trinajstić information content (AvgIpc) is 2.60. The van der Waals surface area contributed by atoms with E-state index in [4.69, 9.17) is 14.2 Å². The van der Waals surface area contributed by atoms with Crippen LogP contribution in [0.2, 0.25) is 0 Å². The van der Waals surface area contributed by atoms with E-state index in [1.165, 1.54) is 20.3 Å². The molecule has 0 saturated carbocycles. The summed E-state index contributed by atoms with van der Waals surface area (Å²) in [6.07, 6.45) is 0. The van der Waals surface area contributed by atoms with Crippen LogP contribution in [0.5, 0.6) is 5.75 Å². The summed E-state index contributed by atoms with van der Waals surface area (Å²) in [6, 6.07) is 11.9. The monoisotopic (exact) mass is 315 g/mol. The number of ether oxygens (including phenoxy) is 3. The molecule has 23 heavy (non-hydrogen) atoms. The van der Waals surface area contributed by atoms with Crippen LogP contribution < -0.4 is 10.1 Å². The molecule has 0 amide bonds. The van der Waals surface area contributed by atoms with Crippen molar-refractivity contribution in [2.75, 3.05) is 26.6 Å². The third-order valence-electron chi connectivity index (χ3n) is 3.16. The van der Waals surface area contributed by atoms with E-state index in [2.05, 4.69) is 5.32 Å². The molecule has 6 heteroatoms. The van der Waals surface area contributed by atoms with Gasteiger partial charge in [0.15, 0.2) is 0 Å². The van der Waals surface area contributed by atoms with Gasteiger partial charge in [-0.2, -0.15) is 0 Å². The first-order valence-corrected chi connectivity index (χ1v) is 6.80. The number of carbonyl (C=O) groups excluding carboxylic acids is 2. The van der Waals surface area contributed by atoms with E-state index in [1.807, 2.05) is 18.2 Å². The Hall–Kier alpha value is -3.02. The zero-order chi connectivity index (χ0) is 16.8. The van der Waals surface area contributed by atoms with Crippen molar-refractivity contribution in [1.29, 1.82) is 0 Å². The molecule has 0 bridgehead atoms. The van der Waals surface area contributed by atoms with Crippen molar-refractivity contribution in [2.24, 2.45) is 0 Å². The van der Waals surface area contributed by atoms with Gasteiger partial charge in [0, 0.05) is 5.69 Å². The third kappa shape index (κ3) is 3.79. The number of esters is 2. The van der Waals surface area contributed by atoms with Gasteiger partial charge >= 0.3 is 11.9 Å². The topological polar surface area (TPSA) is 73.9 Å². The standard InChI is InChI=1S/C17H17NO5/c1-21-15-7-5-4-6-14(15)18-13-9-11(16(19)22-2)8-12(10-13)17(20)23-3/h4-10,18H,1-3H3. The molecule has 0 aromatic heterocycles. The minimum atomic E-state index is -0.543. The summed E-state index contributed by atoms with van der Waals surface area (Å²) in [6.45, 7) is 0. The van der Waals surface area contributed by atoms with E-state index in [0.29, 0.717) is 17.1 Å². The number of anilines is 2. The largest absolute Gasteiger partial charge is 0.495 e. The maximum atomic E-state index is 11.8. The predicted molar refractivity (Wildman–Crippen MR) is 85.4 cm³/mol. The van der Waals surface area contributed by atoms with Crippen molar-refractivity contribution in [3.05, 3.63) is 53.6 Å². The second-order valence-electron chi connectivity index (χ2n) is 4.61. The van der Waals surface area contributed by atoms with Crippen LogP contribution >= 0.6 is 0 Å². The van der Waals surface area contributed by atoms with E-state index in [9.17, 15) is 9.59 Å². The van der Waals surface area contributed by atoms with Crippen LogP contribution in [0.1, 0.15) is 20.7 Å². The van der Waals surface area contributed by atoms with E-state index in [1.54, 1.807) is 25.3 Å². The van der Waals surface area contributed by atoms with Crippen LogP contribution in [-0.4, -0.2) is 33.3 Å². The molecular formula is C17H17NO5. The van der Waals surface area contributed by atoms with Crippen LogP contribution in [0, 0.1) is 0 Å². The molecule has 0 saturated heterocycles. The van der Waals surface area contributed by atoms with Crippen molar-refractivity contribution < 1.29 is 23.8 Å². The fourth-order valence-corrected chi connectivity index (χ4v) is 2.07. The summed E-state index contributed by atoms with van der Waals surface area (Å²) < 4.78 is 14.7. The van der Waals surface area contributed by atoms with E-state index < -0.39 is 11.9 Å². The highest BCUT2D eigenvalue weighted by Gasteiger charge is 2.14. The smallest absolute Gasteiger partial charge is 0.337 e. The van der Waals surface area contributed by atoms with E-state index in [-0.39, 0.29) is 11.1 Å². The first kappa shape index (κ1) is 16.4. The first-order valence-electron chi connectivity index (χ1n) is 6.80. The van der Waals surface area contributed by atoms with Gasteiger partial charge in [-0.3, -0.25) is 0 Å². The number of benzene rings is 2. The molecule has 0 radical (unpaired) electrons. The Labute approximate surface area is 134 Å². The summed E-state index contributed by atoms with van der Waals surface area (Å²) in [5.74, 6) is -0.451. The SMILES string of the molecule is COC(=O)c1cc(Nc2ccccc2OC)cc(C(=O)OC)c1. The van der Waals surface area contributed by atoms with Gasteiger partial charge in [0.05, 0.1) is 38.1 Å². The van der Waals surface area contributed by atoms with Crippen LogP contribution in [0.4, 0.5) is 11.4 Å². The Kier molecular flexibility index (Phi) is 5.19. The Morgan fingerprint density at radius 1 is 0.870 bits per heavy atom. The number of carbonyl (C=O) groups is 2. The maximum absolute atomic E-state index is 11.8. The highest BCUT2D eigenvalue weighted by molar-refractivity contribution is 5.97. The molecule has 120 valence electrons. The van der Waals surface area contributed by atoms with Crippen molar-refractivity contribution in [3.63, 3.8) is 0 Å². The van der Waals surface area contributed by atoms with Crippen molar-refractivity contribution >= 4 is 23.3 Å². The van der Waals surface area contributed by atoms with Crippen molar-refractivity contribution in [2.45, 2.75) is 0 Å². The van der Waals surface area contributed by atoms with Crippen molar-refractivity contribution in [3.8, 4) is 5.75 Å². The van der Waals surface area contributed by atoms with Gasteiger partial charge < -0.3 is 19.5 Å². The summed E-state index contributed by atoms with van der Waals surface area (Å²) in [5.41, 5.74) is 1.73. The number of hydrogen-bond donors (Lipinski definition) is 1. The van der Waals surface area contributed by atoms with Crippen LogP contribution in [0.25, 0.3) is 0 Å². The lowest BCUT2D eigenvalue weighted by Crippen LogP contribution is -2.08. The molecule has 2 aromatic carbocycles. The first-order chi connectivity index (χ1) is 11.1. The highest BCUT2D eigenvalue weighted by atomic mass is 16.5. The average molecular weight is 315 g/mol. The zero-order valence-corrected chi connectivity index (χ0v) is 13.1. The zero-order valence-electron chi connectivity index (χ0n) is 13.1.